The molecule has 2 aromatic heterocycles. The molecule has 0 amide bonds. The van der Waals surface area contributed by atoms with E-state index < -0.39 is 0 Å². The maximum Gasteiger partial charge on any atom is 0.221 e. The fourth-order valence-corrected chi connectivity index (χ4v) is 2.53. The molecule has 0 spiro atoms. The van der Waals surface area contributed by atoms with Crippen molar-refractivity contribution in [3.63, 3.8) is 0 Å². The number of fused-ring (bicyclic) bond motifs is 1. The molecule has 0 bridgehead atoms. The third kappa shape index (κ3) is 2.53. The molecule has 0 saturated carbocycles. The van der Waals surface area contributed by atoms with Crippen LogP contribution in [-0.2, 0) is 0 Å². The van der Waals surface area contributed by atoms with Gasteiger partial charge in [0, 0.05) is 5.56 Å². The summed E-state index contributed by atoms with van der Waals surface area (Å²) in [5, 5.41) is 0. The van der Waals surface area contributed by atoms with Crippen LogP contribution in [-0.4, -0.2) is 19.9 Å². The minimum Gasteiger partial charge on any atom is -0.368 e. The Bertz CT molecular complexity index is 953. The minimum absolute atomic E-state index is 0.235. The lowest BCUT2D eigenvalue weighted by Gasteiger charge is -2.05. The maximum atomic E-state index is 5.89. The molecular formula is C18H15N5. The van der Waals surface area contributed by atoms with Crippen LogP contribution in [0.25, 0.3) is 33.8 Å². The van der Waals surface area contributed by atoms with E-state index in [1.54, 1.807) is 0 Å². The second-order valence-corrected chi connectivity index (χ2v) is 5.47. The van der Waals surface area contributed by atoms with Crippen LogP contribution in [0.2, 0.25) is 0 Å². The van der Waals surface area contributed by atoms with Crippen LogP contribution in [0.5, 0.6) is 0 Å². The minimum atomic E-state index is 0.235. The van der Waals surface area contributed by atoms with E-state index in [-0.39, 0.29) is 5.95 Å². The number of imidazole rings is 1. The molecule has 2 aromatic carbocycles. The summed E-state index contributed by atoms with van der Waals surface area (Å²) in [6, 6.07) is 17.9. The number of anilines is 1. The van der Waals surface area contributed by atoms with Gasteiger partial charge in [-0.3, -0.25) is 0 Å². The van der Waals surface area contributed by atoms with Gasteiger partial charge in [0.25, 0.3) is 0 Å². The van der Waals surface area contributed by atoms with E-state index in [0.29, 0.717) is 11.5 Å². The predicted molar refractivity (Wildman–Crippen MR) is 91.7 cm³/mol. The van der Waals surface area contributed by atoms with E-state index in [4.69, 9.17) is 5.73 Å². The Hall–Kier alpha value is -3.21. The van der Waals surface area contributed by atoms with E-state index in [1.807, 2.05) is 42.5 Å². The lowest BCUT2D eigenvalue weighted by molar-refractivity contribution is 1.16. The molecule has 23 heavy (non-hydrogen) atoms. The number of nitrogens with one attached hydrogen (secondary N) is 1. The molecule has 0 radical (unpaired) electrons. The molecule has 5 nitrogen and oxygen atoms in total. The standard InChI is InChI=1S/C18H15N5/c1-11-6-8-12(9-7-11)15-10-16(23-18(19)22-15)17-20-13-4-2-3-5-14(13)21-17/h2-10H,1H3,(H,20,21)(H2,19,22,23). The normalized spacial score (nSPS) is 11.0. The molecule has 0 fully saturated rings. The topological polar surface area (TPSA) is 80.5 Å². The number of nitrogen functional groups attached to an aromatic ring is 1. The van der Waals surface area contributed by atoms with Crippen molar-refractivity contribution in [3.05, 3.63) is 60.2 Å². The number of para-hydroxylation sites is 2. The van der Waals surface area contributed by atoms with E-state index in [1.165, 1.54) is 5.56 Å². The summed E-state index contributed by atoms with van der Waals surface area (Å²) in [6.07, 6.45) is 0. The zero-order chi connectivity index (χ0) is 15.8. The summed E-state index contributed by atoms with van der Waals surface area (Å²) < 4.78 is 0. The highest BCUT2D eigenvalue weighted by atomic mass is 15.0. The van der Waals surface area contributed by atoms with Gasteiger partial charge in [-0.25, -0.2) is 15.0 Å². The van der Waals surface area contributed by atoms with Gasteiger partial charge in [-0.1, -0.05) is 42.0 Å². The first-order valence-electron chi connectivity index (χ1n) is 7.36. The lowest BCUT2D eigenvalue weighted by atomic mass is 10.1. The van der Waals surface area contributed by atoms with Gasteiger partial charge in [0.05, 0.1) is 16.7 Å². The first-order chi connectivity index (χ1) is 11.2. The largest absolute Gasteiger partial charge is 0.368 e. The zero-order valence-electron chi connectivity index (χ0n) is 12.6. The summed E-state index contributed by atoms with van der Waals surface area (Å²) in [6.45, 7) is 2.05. The summed E-state index contributed by atoms with van der Waals surface area (Å²) in [5.74, 6) is 0.923. The number of H-pyrrole nitrogens is 1. The Labute approximate surface area is 133 Å². The quantitative estimate of drug-likeness (QED) is 0.593. The molecule has 0 saturated heterocycles. The molecular weight excluding hydrogens is 286 g/mol. The number of benzene rings is 2. The Morgan fingerprint density at radius 3 is 2.39 bits per heavy atom. The van der Waals surface area contributed by atoms with Crippen molar-refractivity contribution >= 4 is 17.0 Å². The molecule has 0 aliphatic carbocycles. The van der Waals surface area contributed by atoms with Crippen molar-refractivity contribution in [3.8, 4) is 22.8 Å². The van der Waals surface area contributed by atoms with Gasteiger partial charge in [-0.05, 0) is 25.1 Å². The highest BCUT2D eigenvalue weighted by Crippen LogP contribution is 2.24. The average Bonchev–Trinajstić information content (AvgIpc) is 2.99. The molecule has 3 N–H and O–H groups in total. The van der Waals surface area contributed by atoms with E-state index >= 15 is 0 Å². The Kier molecular flexibility index (Phi) is 3.05. The predicted octanol–water partition coefficient (Wildman–Crippen LogP) is 3.58. The van der Waals surface area contributed by atoms with Gasteiger partial charge in [-0.15, -0.1) is 0 Å². The van der Waals surface area contributed by atoms with E-state index in [9.17, 15) is 0 Å². The molecule has 2 heterocycles. The third-order valence-electron chi connectivity index (χ3n) is 3.72. The molecule has 112 valence electrons. The molecule has 0 unspecified atom stereocenters. The maximum absolute atomic E-state index is 5.89. The van der Waals surface area contributed by atoms with Crippen molar-refractivity contribution in [2.24, 2.45) is 0 Å². The highest BCUT2D eigenvalue weighted by molar-refractivity contribution is 5.79. The average molecular weight is 301 g/mol. The first-order valence-corrected chi connectivity index (χ1v) is 7.36. The number of hydrogen-bond donors (Lipinski definition) is 2. The number of rotatable bonds is 2. The number of aromatic nitrogens is 4. The summed E-state index contributed by atoms with van der Waals surface area (Å²) in [5.41, 5.74) is 11.4. The molecule has 0 aliphatic heterocycles. The highest BCUT2D eigenvalue weighted by Gasteiger charge is 2.10. The summed E-state index contributed by atoms with van der Waals surface area (Å²) in [4.78, 5) is 16.5. The molecule has 5 heteroatoms. The zero-order valence-corrected chi connectivity index (χ0v) is 12.6. The van der Waals surface area contributed by atoms with Gasteiger partial charge in [0.1, 0.15) is 5.69 Å². The van der Waals surface area contributed by atoms with Gasteiger partial charge in [0.15, 0.2) is 5.82 Å². The van der Waals surface area contributed by atoms with Gasteiger partial charge < -0.3 is 10.7 Å². The van der Waals surface area contributed by atoms with E-state index in [0.717, 1.165) is 22.3 Å². The third-order valence-corrected chi connectivity index (χ3v) is 3.72. The number of nitrogens with two attached hydrogens (primary N) is 1. The number of hydrogen-bond acceptors (Lipinski definition) is 4. The molecule has 0 aliphatic rings. The summed E-state index contributed by atoms with van der Waals surface area (Å²) >= 11 is 0. The van der Waals surface area contributed by atoms with Gasteiger partial charge >= 0.3 is 0 Å². The van der Waals surface area contributed by atoms with Crippen molar-refractivity contribution in [2.75, 3.05) is 5.73 Å². The van der Waals surface area contributed by atoms with E-state index in [2.05, 4.69) is 39.0 Å². The van der Waals surface area contributed by atoms with Crippen molar-refractivity contribution in [1.82, 2.24) is 19.9 Å². The fraction of sp³-hybridized carbons (Fsp3) is 0.0556. The first kappa shape index (κ1) is 13.5. The molecule has 4 rings (SSSR count). The number of aryl methyl sites for hydroxylation is 1. The number of aromatic amines is 1. The SMILES string of the molecule is Cc1ccc(-c2cc(-c3nc4ccccc4[nH]3)nc(N)n2)cc1. The Morgan fingerprint density at radius 1 is 0.870 bits per heavy atom. The van der Waals surface area contributed by atoms with Crippen LogP contribution < -0.4 is 5.73 Å². The van der Waals surface area contributed by atoms with Crippen LogP contribution in [0.1, 0.15) is 5.56 Å². The fourth-order valence-electron chi connectivity index (χ4n) is 2.53. The second kappa shape index (κ2) is 5.21. The van der Waals surface area contributed by atoms with Gasteiger partial charge in [-0.2, -0.15) is 0 Å². The van der Waals surface area contributed by atoms with Crippen LogP contribution >= 0.6 is 0 Å². The molecule has 4 aromatic rings. The smallest absolute Gasteiger partial charge is 0.221 e. The van der Waals surface area contributed by atoms with Crippen LogP contribution in [0, 0.1) is 6.92 Å². The van der Waals surface area contributed by atoms with Crippen molar-refractivity contribution in [2.45, 2.75) is 6.92 Å². The number of nitrogens with zero attached hydrogens (tertiary/aromatic N) is 3. The van der Waals surface area contributed by atoms with Gasteiger partial charge in [0.2, 0.25) is 5.95 Å². The van der Waals surface area contributed by atoms with Crippen molar-refractivity contribution in [1.29, 1.82) is 0 Å². The Balaban J connectivity index is 1.84. The molecule has 0 atom stereocenters. The van der Waals surface area contributed by atoms with Crippen LogP contribution in [0.15, 0.2) is 54.6 Å². The second-order valence-electron chi connectivity index (χ2n) is 5.47. The lowest BCUT2D eigenvalue weighted by Crippen LogP contribution is -1.99. The monoisotopic (exact) mass is 301 g/mol. The van der Waals surface area contributed by atoms with Crippen LogP contribution in [0.4, 0.5) is 5.95 Å². The van der Waals surface area contributed by atoms with Crippen LogP contribution in [0.3, 0.4) is 0 Å². The Morgan fingerprint density at radius 2 is 1.61 bits per heavy atom. The van der Waals surface area contributed by atoms with Crippen molar-refractivity contribution < 1.29 is 0 Å². The summed E-state index contributed by atoms with van der Waals surface area (Å²) in [7, 11) is 0.